The van der Waals surface area contributed by atoms with Gasteiger partial charge in [0.25, 0.3) is 5.91 Å². The van der Waals surface area contributed by atoms with Crippen molar-refractivity contribution in [1.82, 2.24) is 9.97 Å². The normalized spacial score (nSPS) is 11.9. The van der Waals surface area contributed by atoms with Gasteiger partial charge in [-0.05, 0) is 30.3 Å². The number of rotatable bonds is 4. The summed E-state index contributed by atoms with van der Waals surface area (Å²) in [5.74, 6) is -1.22. The SMILES string of the molecule is O=C(Nc1ccc(F)c(F)c1)c1ccnc(Nc2ccc3c(c2)OCO3)n1. The number of carbonyl (C=O) groups excluding carboxylic acids is 1. The highest BCUT2D eigenvalue weighted by molar-refractivity contribution is 6.03. The lowest BCUT2D eigenvalue weighted by Gasteiger charge is -2.08. The minimum atomic E-state index is -1.05. The van der Waals surface area contributed by atoms with Crippen molar-refractivity contribution in [2.45, 2.75) is 0 Å². The smallest absolute Gasteiger partial charge is 0.274 e. The molecule has 0 aliphatic carbocycles. The van der Waals surface area contributed by atoms with Gasteiger partial charge in [0.05, 0.1) is 0 Å². The molecule has 0 saturated heterocycles. The molecule has 2 heterocycles. The van der Waals surface area contributed by atoms with Crippen molar-refractivity contribution < 1.29 is 23.0 Å². The quantitative estimate of drug-likeness (QED) is 0.731. The Balaban J connectivity index is 1.49. The van der Waals surface area contributed by atoms with Crippen molar-refractivity contribution in [2.24, 2.45) is 0 Å². The van der Waals surface area contributed by atoms with Gasteiger partial charge in [0.2, 0.25) is 12.7 Å². The number of nitrogens with zero attached hydrogens (tertiary/aromatic N) is 2. The van der Waals surface area contributed by atoms with E-state index in [1.807, 2.05) is 0 Å². The maximum Gasteiger partial charge on any atom is 0.274 e. The zero-order chi connectivity index (χ0) is 18.8. The molecule has 136 valence electrons. The monoisotopic (exact) mass is 370 g/mol. The number of ether oxygens (including phenoxy) is 2. The molecule has 1 aliphatic rings. The van der Waals surface area contributed by atoms with Crippen LogP contribution < -0.4 is 20.1 Å². The number of hydrogen-bond acceptors (Lipinski definition) is 6. The second kappa shape index (κ2) is 6.87. The fourth-order valence-electron chi connectivity index (χ4n) is 2.42. The van der Waals surface area contributed by atoms with Crippen LogP contribution in [0.4, 0.5) is 26.1 Å². The van der Waals surface area contributed by atoms with Gasteiger partial charge in [0.1, 0.15) is 5.69 Å². The summed E-state index contributed by atoms with van der Waals surface area (Å²) < 4.78 is 36.8. The summed E-state index contributed by atoms with van der Waals surface area (Å²) in [5.41, 5.74) is 0.818. The van der Waals surface area contributed by atoms with Gasteiger partial charge in [0.15, 0.2) is 23.1 Å². The first-order valence-corrected chi connectivity index (χ1v) is 7.84. The molecule has 7 nitrogen and oxygen atoms in total. The summed E-state index contributed by atoms with van der Waals surface area (Å²) in [6.07, 6.45) is 1.41. The number of fused-ring (bicyclic) bond motifs is 1. The number of carbonyl (C=O) groups is 1. The van der Waals surface area contributed by atoms with E-state index in [4.69, 9.17) is 9.47 Å². The van der Waals surface area contributed by atoms with Gasteiger partial charge >= 0.3 is 0 Å². The number of benzene rings is 2. The van der Waals surface area contributed by atoms with E-state index >= 15 is 0 Å². The Hall–Kier alpha value is -3.75. The van der Waals surface area contributed by atoms with Crippen molar-refractivity contribution in [1.29, 1.82) is 0 Å². The van der Waals surface area contributed by atoms with E-state index in [0.717, 1.165) is 12.1 Å². The van der Waals surface area contributed by atoms with Crippen LogP contribution >= 0.6 is 0 Å². The van der Waals surface area contributed by atoms with Gasteiger partial charge in [-0.15, -0.1) is 0 Å². The number of nitrogens with one attached hydrogen (secondary N) is 2. The Morgan fingerprint density at radius 3 is 2.63 bits per heavy atom. The van der Waals surface area contributed by atoms with E-state index in [2.05, 4.69) is 20.6 Å². The summed E-state index contributed by atoms with van der Waals surface area (Å²) >= 11 is 0. The van der Waals surface area contributed by atoms with Gasteiger partial charge in [-0.3, -0.25) is 4.79 Å². The molecule has 1 aromatic heterocycles. The predicted molar refractivity (Wildman–Crippen MR) is 92.2 cm³/mol. The van der Waals surface area contributed by atoms with E-state index < -0.39 is 17.5 Å². The predicted octanol–water partition coefficient (Wildman–Crippen LogP) is 3.48. The number of anilines is 3. The first kappa shape index (κ1) is 16.7. The molecule has 9 heteroatoms. The van der Waals surface area contributed by atoms with Crippen molar-refractivity contribution >= 4 is 23.2 Å². The van der Waals surface area contributed by atoms with E-state index in [9.17, 15) is 13.6 Å². The van der Waals surface area contributed by atoms with Crippen LogP contribution in [0, 0.1) is 11.6 Å². The highest BCUT2D eigenvalue weighted by Crippen LogP contribution is 2.34. The average Bonchev–Trinajstić information content (AvgIpc) is 3.13. The topological polar surface area (TPSA) is 85.4 Å². The number of aromatic nitrogens is 2. The Kier molecular flexibility index (Phi) is 4.25. The van der Waals surface area contributed by atoms with Crippen molar-refractivity contribution in [3.8, 4) is 11.5 Å². The van der Waals surface area contributed by atoms with Crippen molar-refractivity contribution in [3.05, 3.63) is 66.0 Å². The molecule has 0 unspecified atom stereocenters. The Bertz CT molecular complexity index is 1030. The molecule has 2 N–H and O–H groups in total. The van der Waals surface area contributed by atoms with Crippen LogP contribution in [0.5, 0.6) is 11.5 Å². The van der Waals surface area contributed by atoms with Crippen LogP contribution in [0.3, 0.4) is 0 Å². The molecule has 2 aromatic carbocycles. The fourth-order valence-corrected chi connectivity index (χ4v) is 2.42. The van der Waals surface area contributed by atoms with Crippen LogP contribution in [-0.2, 0) is 0 Å². The van der Waals surface area contributed by atoms with Crippen LogP contribution in [0.1, 0.15) is 10.5 Å². The van der Waals surface area contributed by atoms with Gasteiger partial charge in [-0.25, -0.2) is 18.7 Å². The summed E-state index contributed by atoms with van der Waals surface area (Å²) in [6.45, 7) is 0.162. The summed E-state index contributed by atoms with van der Waals surface area (Å²) in [6, 6.07) is 9.69. The summed E-state index contributed by atoms with van der Waals surface area (Å²) in [4.78, 5) is 20.5. The molecule has 27 heavy (non-hydrogen) atoms. The zero-order valence-corrected chi connectivity index (χ0v) is 13.7. The standard InChI is InChI=1S/C18H12F2N4O3/c19-12-3-1-10(7-13(12)20)22-17(25)14-5-6-21-18(24-14)23-11-2-4-15-16(8-11)27-9-26-15/h1-8H,9H2,(H,22,25)(H,21,23,24). The molecule has 0 saturated carbocycles. The molecule has 0 atom stereocenters. The lowest BCUT2D eigenvalue weighted by Crippen LogP contribution is -2.15. The molecule has 1 amide bonds. The molecule has 0 spiro atoms. The first-order chi connectivity index (χ1) is 13.1. The van der Waals surface area contributed by atoms with Gasteiger partial charge in [-0.1, -0.05) is 0 Å². The van der Waals surface area contributed by atoms with E-state index in [1.165, 1.54) is 18.3 Å². The van der Waals surface area contributed by atoms with Crippen LogP contribution in [-0.4, -0.2) is 22.7 Å². The molecular formula is C18H12F2N4O3. The van der Waals surface area contributed by atoms with Gasteiger partial charge in [0, 0.05) is 29.7 Å². The zero-order valence-electron chi connectivity index (χ0n) is 13.7. The largest absolute Gasteiger partial charge is 0.454 e. The maximum atomic E-state index is 13.3. The fraction of sp³-hybridized carbons (Fsp3) is 0.0556. The third-order valence-corrected chi connectivity index (χ3v) is 3.69. The van der Waals surface area contributed by atoms with Crippen LogP contribution in [0.15, 0.2) is 48.7 Å². The average molecular weight is 370 g/mol. The molecule has 3 aromatic rings. The molecule has 4 rings (SSSR count). The molecule has 0 fully saturated rings. The van der Waals surface area contributed by atoms with E-state index in [1.54, 1.807) is 18.2 Å². The second-order valence-electron chi connectivity index (χ2n) is 5.54. The van der Waals surface area contributed by atoms with E-state index in [-0.39, 0.29) is 24.1 Å². The number of hydrogen-bond donors (Lipinski definition) is 2. The van der Waals surface area contributed by atoms with E-state index in [0.29, 0.717) is 17.2 Å². The Morgan fingerprint density at radius 2 is 1.78 bits per heavy atom. The third kappa shape index (κ3) is 3.61. The summed E-state index contributed by atoms with van der Waals surface area (Å²) in [7, 11) is 0. The summed E-state index contributed by atoms with van der Waals surface area (Å²) in [5, 5.41) is 5.41. The van der Waals surface area contributed by atoms with Crippen molar-refractivity contribution in [3.63, 3.8) is 0 Å². The highest BCUT2D eigenvalue weighted by Gasteiger charge is 2.15. The molecule has 0 radical (unpaired) electrons. The molecule has 1 aliphatic heterocycles. The van der Waals surface area contributed by atoms with Crippen LogP contribution in [0.2, 0.25) is 0 Å². The Labute approximate surface area is 152 Å². The third-order valence-electron chi connectivity index (χ3n) is 3.69. The Morgan fingerprint density at radius 1 is 0.963 bits per heavy atom. The number of amides is 1. The minimum absolute atomic E-state index is 0.0537. The number of halogens is 2. The van der Waals surface area contributed by atoms with Gasteiger partial charge in [-0.2, -0.15) is 0 Å². The lowest BCUT2D eigenvalue weighted by atomic mass is 10.2. The first-order valence-electron chi connectivity index (χ1n) is 7.84. The van der Waals surface area contributed by atoms with Gasteiger partial charge < -0.3 is 20.1 Å². The highest BCUT2D eigenvalue weighted by atomic mass is 19.2. The molecular weight excluding hydrogens is 358 g/mol. The molecule has 0 bridgehead atoms. The lowest BCUT2D eigenvalue weighted by molar-refractivity contribution is 0.102. The minimum Gasteiger partial charge on any atom is -0.454 e. The maximum absolute atomic E-state index is 13.3. The van der Waals surface area contributed by atoms with Crippen LogP contribution in [0.25, 0.3) is 0 Å². The second-order valence-corrected chi connectivity index (χ2v) is 5.54. The van der Waals surface area contributed by atoms with Crippen molar-refractivity contribution in [2.75, 3.05) is 17.4 Å².